The fourth-order valence-electron chi connectivity index (χ4n) is 3.06. The van der Waals surface area contributed by atoms with Gasteiger partial charge in [-0.25, -0.2) is 0 Å². The highest BCUT2D eigenvalue weighted by Gasteiger charge is 2.43. The Morgan fingerprint density at radius 2 is 2.07 bits per heavy atom. The molecule has 2 fully saturated rings. The van der Waals surface area contributed by atoms with Crippen LogP contribution in [0.2, 0.25) is 0 Å². The molecule has 0 bridgehead atoms. The van der Waals surface area contributed by atoms with Crippen molar-refractivity contribution in [3.8, 4) is 0 Å². The van der Waals surface area contributed by atoms with E-state index >= 15 is 0 Å². The number of hydrogen-bond donors (Lipinski definition) is 1. The molecular formula is C12H21NO2. The Morgan fingerprint density at radius 3 is 2.67 bits per heavy atom. The molecule has 3 nitrogen and oxygen atoms in total. The van der Waals surface area contributed by atoms with Gasteiger partial charge in [-0.05, 0) is 45.1 Å². The Kier molecular flexibility index (Phi) is 3.01. The summed E-state index contributed by atoms with van der Waals surface area (Å²) in [5.41, 5.74) is -0.581. The first kappa shape index (κ1) is 10.9. The summed E-state index contributed by atoms with van der Waals surface area (Å²) in [7, 11) is 0. The van der Waals surface area contributed by atoms with E-state index in [9.17, 15) is 9.90 Å². The first-order valence-corrected chi connectivity index (χ1v) is 6.11. The van der Waals surface area contributed by atoms with Gasteiger partial charge >= 0.3 is 5.97 Å². The van der Waals surface area contributed by atoms with Crippen LogP contribution in [0, 0.1) is 5.92 Å². The van der Waals surface area contributed by atoms with E-state index in [0.717, 1.165) is 31.8 Å². The van der Waals surface area contributed by atoms with Gasteiger partial charge in [0.25, 0.3) is 0 Å². The molecular weight excluding hydrogens is 190 g/mol. The van der Waals surface area contributed by atoms with Gasteiger partial charge < -0.3 is 5.11 Å². The van der Waals surface area contributed by atoms with Crippen LogP contribution in [0.3, 0.4) is 0 Å². The highest BCUT2D eigenvalue weighted by Crippen LogP contribution is 2.33. The molecule has 1 saturated heterocycles. The average molecular weight is 211 g/mol. The van der Waals surface area contributed by atoms with E-state index in [-0.39, 0.29) is 0 Å². The smallest absolute Gasteiger partial charge is 0.323 e. The Bertz CT molecular complexity index is 248. The van der Waals surface area contributed by atoms with Crippen LogP contribution < -0.4 is 0 Å². The zero-order valence-corrected chi connectivity index (χ0v) is 9.54. The molecule has 3 heteroatoms. The van der Waals surface area contributed by atoms with Gasteiger partial charge in [0, 0.05) is 6.54 Å². The van der Waals surface area contributed by atoms with Gasteiger partial charge in [-0.1, -0.05) is 12.8 Å². The average Bonchev–Trinajstić information content (AvgIpc) is 2.78. The minimum absolute atomic E-state index is 0.581. The van der Waals surface area contributed by atoms with Gasteiger partial charge in [-0.3, -0.25) is 9.69 Å². The van der Waals surface area contributed by atoms with E-state index in [4.69, 9.17) is 0 Å². The minimum atomic E-state index is -0.641. The number of likely N-dealkylation sites (tertiary alicyclic amines) is 1. The van der Waals surface area contributed by atoms with Crippen molar-refractivity contribution in [3.05, 3.63) is 0 Å². The summed E-state index contributed by atoms with van der Waals surface area (Å²) in [6.07, 6.45) is 7.12. The van der Waals surface area contributed by atoms with E-state index in [0.29, 0.717) is 0 Å². The number of carboxylic acid groups (broad SMARTS) is 1. The van der Waals surface area contributed by atoms with Crippen LogP contribution in [-0.4, -0.2) is 34.6 Å². The molecule has 0 aromatic heterocycles. The predicted molar refractivity (Wildman–Crippen MR) is 58.8 cm³/mol. The second-order valence-corrected chi connectivity index (χ2v) is 5.28. The van der Waals surface area contributed by atoms with Crippen molar-refractivity contribution in [2.24, 2.45) is 5.92 Å². The van der Waals surface area contributed by atoms with Crippen molar-refractivity contribution < 1.29 is 9.90 Å². The molecule has 0 spiro atoms. The Labute approximate surface area is 91.5 Å². The third-order valence-electron chi connectivity index (χ3n) is 4.20. The standard InChI is InChI=1S/C12H21NO2/c1-12(11(14)15)7-4-8-13(12)9-10-5-2-3-6-10/h10H,2-9H2,1H3,(H,14,15). The maximum absolute atomic E-state index is 11.3. The molecule has 2 rings (SSSR count). The summed E-state index contributed by atoms with van der Waals surface area (Å²) in [6.45, 7) is 3.86. The Hall–Kier alpha value is -0.570. The Balaban J connectivity index is 1.98. The maximum atomic E-state index is 11.3. The topological polar surface area (TPSA) is 40.5 Å². The van der Waals surface area contributed by atoms with E-state index in [1.165, 1.54) is 25.7 Å². The molecule has 1 aliphatic heterocycles. The maximum Gasteiger partial charge on any atom is 0.323 e. The van der Waals surface area contributed by atoms with Gasteiger partial charge in [0.2, 0.25) is 0 Å². The second kappa shape index (κ2) is 4.12. The number of rotatable bonds is 3. The van der Waals surface area contributed by atoms with Gasteiger partial charge in [-0.2, -0.15) is 0 Å². The molecule has 0 amide bonds. The molecule has 1 aliphatic carbocycles. The van der Waals surface area contributed by atoms with Crippen molar-refractivity contribution in [1.82, 2.24) is 4.90 Å². The SMILES string of the molecule is CC1(C(=O)O)CCCN1CC1CCCC1. The second-order valence-electron chi connectivity index (χ2n) is 5.28. The van der Waals surface area contributed by atoms with Crippen molar-refractivity contribution in [1.29, 1.82) is 0 Å². The van der Waals surface area contributed by atoms with Gasteiger partial charge in [0.15, 0.2) is 0 Å². The van der Waals surface area contributed by atoms with Crippen LogP contribution in [0.4, 0.5) is 0 Å². The molecule has 86 valence electrons. The third kappa shape index (κ3) is 2.03. The predicted octanol–water partition coefficient (Wildman–Crippen LogP) is 2.12. The number of carbonyl (C=O) groups is 1. The molecule has 0 aromatic carbocycles. The summed E-state index contributed by atoms with van der Waals surface area (Å²) in [6, 6.07) is 0. The van der Waals surface area contributed by atoms with Crippen LogP contribution in [0.5, 0.6) is 0 Å². The molecule has 1 atom stereocenters. The van der Waals surface area contributed by atoms with Gasteiger partial charge in [0.1, 0.15) is 5.54 Å². The van der Waals surface area contributed by atoms with Crippen LogP contribution in [-0.2, 0) is 4.79 Å². The van der Waals surface area contributed by atoms with Crippen molar-refractivity contribution >= 4 is 5.97 Å². The normalized spacial score (nSPS) is 33.7. The zero-order chi connectivity index (χ0) is 10.9. The quantitative estimate of drug-likeness (QED) is 0.777. The molecule has 1 heterocycles. The molecule has 0 aromatic rings. The lowest BCUT2D eigenvalue weighted by Crippen LogP contribution is -2.49. The largest absolute Gasteiger partial charge is 0.480 e. The van der Waals surface area contributed by atoms with Crippen molar-refractivity contribution in [2.75, 3.05) is 13.1 Å². The molecule has 1 N–H and O–H groups in total. The van der Waals surface area contributed by atoms with Crippen LogP contribution in [0.25, 0.3) is 0 Å². The number of hydrogen-bond acceptors (Lipinski definition) is 2. The first-order chi connectivity index (χ1) is 7.13. The summed E-state index contributed by atoms with van der Waals surface area (Å²) < 4.78 is 0. The highest BCUT2D eigenvalue weighted by atomic mass is 16.4. The van der Waals surface area contributed by atoms with E-state index in [1.54, 1.807) is 0 Å². The van der Waals surface area contributed by atoms with Crippen molar-refractivity contribution in [2.45, 2.75) is 51.0 Å². The van der Waals surface area contributed by atoms with E-state index in [2.05, 4.69) is 4.90 Å². The highest BCUT2D eigenvalue weighted by molar-refractivity contribution is 5.78. The first-order valence-electron chi connectivity index (χ1n) is 6.11. The molecule has 1 unspecified atom stereocenters. The van der Waals surface area contributed by atoms with E-state index < -0.39 is 11.5 Å². The fraction of sp³-hybridized carbons (Fsp3) is 0.917. The van der Waals surface area contributed by atoms with Gasteiger partial charge in [-0.15, -0.1) is 0 Å². The zero-order valence-electron chi connectivity index (χ0n) is 9.54. The monoisotopic (exact) mass is 211 g/mol. The number of carboxylic acids is 1. The molecule has 0 radical (unpaired) electrons. The summed E-state index contributed by atoms with van der Waals surface area (Å²) >= 11 is 0. The molecule has 15 heavy (non-hydrogen) atoms. The lowest BCUT2D eigenvalue weighted by Gasteiger charge is -2.33. The summed E-state index contributed by atoms with van der Waals surface area (Å²) in [5.74, 6) is 0.111. The number of nitrogens with zero attached hydrogens (tertiary/aromatic N) is 1. The van der Waals surface area contributed by atoms with Crippen molar-refractivity contribution in [3.63, 3.8) is 0 Å². The minimum Gasteiger partial charge on any atom is -0.480 e. The van der Waals surface area contributed by atoms with Gasteiger partial charge in [0.05, 0.1) is 0 Å². The van der Waals surface area contributed by atoms with Crippen LogP contribution in [0.15, 0.2) is 0 Å². The number of aliphatic carboxylic acids is 1. The van der Waals surface area contributed by atoms with E-state index in [1.807, 2.05) is 6.92 Å². The van der Waals surface area contributed by atoms with Crippen LogP contribution in [0.1, 0.15) is 45.4 Å². The molecule has 2 aliphatic rings. The lowest BCUT2D eigenvalue weighted by atomic mass is 9.97. The summed E-state index contributed by atoms with van der Waals surface area (Å²) in [4.78, 5) is 13.5. The lowest BCUT2D eigenvalue weighted by molar-refractivity contribution is -0.148. The summed E-state index contributed by atoms with van der Waals surface area (Å²) in [5, 5.41) is 9.28. The Morgan fingerprint density at radius 1 is 1.40 bits per heavy atom. The van der Waals surface area contributed by atoms with Crippen LogP contribution >= 0.6 is 0 Å². The molecule has 1 saturated carbocycles. The third-order valence-corrected chi connectivity index (χ3v) is 4.20. The fourth-order valence-corrected chi connectivity index (χ4v) is 3.06.